The van der Waals surface area contributed by atoms with Crippen molar-refractivity contribution in [3.8, 4) is 6.07 Å². The van der Waals surface area contributed by atoms with E-state index in [0.29, 0.717) is 11.6 Å². The Balaban J connectivity index is 0.000000933. The van der Waals surface area contributed by atoms with Gasteiger partial charge in [-0.1, -0.05) is 0 Å². The van der Waals surface area contributed by atoms with Crippen molar-refractivity contribution in [3.63, 3.8) is 0 Å². The number of aliphatic imine (C=N–C) groups is 1. The van der Waals surface area contributed by atoms with Crippen molar-refractivity contribution in [1.29, 1.82) is 10.7 Å². The smallest absolute Gasteiger partial charge is 0.303 e. The molecule has 3 saturated heterocycles. The van der Waals surface area contributed by atoms with E-state index in [0.717, 1.165) is 56.1 Å². The lowest BCUT2D eigenvalue weighted by Gasteiger charge is -2.44. The van der Waals surface area contributed by atoms with Crippen LogP contribution in [-0.4, -0.2) is 224 Å². The lowest BCUT2D eigenvalue weighted by atomic mass is 9.99. The number of carbonyl (C=O) groups excluding carboxylic acids is 4. The molecule has 0 radical (unpaired) electrons. The second-order valence-electron chi connectivity index (χ2n) is 12.9. The fourth-order valence-corrected chi connectivity index (χ4v) is 8.22. The number of hydrogen-bond acceptors (Lipinski definition) is 27. The Labute approximate surface area is 376 Å². The summed E-state index contributed by atoms with van der Waals surface area (Å²) in [6, 6.07) is 1.92. The van der Waals surface area contributed by atoms with Crippen molar-refractivity contribution in [3.05, 3.63) is 0 Å². The molecule has 3 heterocycles. The largest absolute Gasteiger partial charge is 0.484 e. The van der Waals surface area contributed by atoms with Gasteiger partial charge in [-0.2, -0.15) is 5.26 Å². The van der Waals surface area contributed by atoms with Crippen LogP contribution in [0.3, 0.4) is 0 Å². The van der Waals surface area contributed by atoms with Gasteiger partial charge < -0.3 is 90.2 Å². The van der Waals surface area contributed by atoms with Crippen LogP contribution in [0.5, 0.6) is 0 Å². The molecule has 3 fully saturated rings. The van der Waals surface area contributed by atoms with Crippen LogP contribution in [0.1, 0.15) is 27.7 Å². The highest BCUT2D eigenvalue weighted by atomic mass is 32.2. The number of carbonyl (C=O) groups is 4. The van der Waals surface area contributed by atoms with Crippen LogP contribution in [0, 0.1) is 16.7 Å². The van der Waals surface area contributed by atoms with Crippen molar-refractivity contribution in [2.45, 2.75) is 117 Å². The molecule has 0 aromatic heterocycles. The summed E-state index contributed by atoms with van der Waals surface area (Å²) in [5, 5.41) is 91.5. The number of nitrogens with zero attached hydrogens (tertiary/aromatic N) is 2. The van der Waals surface area contributed by atoms with Crippen molar-refractivity contribution in [2.24, 2.45) is 16.5 Å². The molecular weight excluding hydrogens is 907 g/mol. The van der Waals surface area contributed by atoms with Crippen LogP contribution in [0.2, 0.25) is 0 Å². The predicted octanol–water partition coefficient (Wildman–Crippen LogP) is -4.45. The monoisotopic (exact) mass is 967 g/mol. The zero-order valence-electron chi connectivity index (χ0n) is 35.7. The number of rotatable bonds is 15. The number of thioether (sulfide) groups is 3. The fourth-order valence-electron chi connectivity index (χ4n) is 5.30. The molecule has 15 atom stereocenters. The average Bonchev–Trinajstić information content (AvgIpc) is 3.25. The van der Waals surface area contributed by atoms with E-state index in [1.54, 1.807) is 7.05 Å². The predicted molar refractivity (Wildman–Crippen MR) is 225 cm³/mol. The van der Waals surface area contributed by atoms with E-state index in [1.165, 1.54) is 21.1 Å². The Hall–Kier alpha value is -3.12. The first kappa shape index (κ1) is 59.9. The molecule has 0 aromatic rings. The van der Waals surface area contributed by atoms with Gasteiger partial charge in [0, 0.05) is 34.7 Å². The molecule has 0 saturated carbocycles. The quantitative estimate of drug-likeness (QED) is 0.0319. The van der Waals surface area contributed by atoms with Gasteiger partial charge in [0.05, 0.1) is 43.7 Å². The maximum Gasteiger partial charge on any atom is 0.303 e. The SMILES string of the molecule is CC(=O)OCC1OC(SCC#N)C(OC(C)=O)C(OC(C)=O)C1OC(C)=O.CN.CN=C(N)CSC1OC(CO)C(O)C(O)C1O.COC(=N)CSC1OC(CO)C(O)C(O)C1O. The van der Waals surface area contributed by atoms with Crippen molar-refractivity contribution in [1.82, 2.24) is 0 Å². The van der Waals surface area contributed by atoms with Gasteiger partial charge in [-0.05, 0) is 7.05 Å². The van der Waals surface area contributed by atoms with Crippen LogP contribution in [-0.2, 0) is 57.1 Å². The summed E-state index contributed by atoms with van der Waals surface area (Å²) < 4.78 is 41.5. The number of esters is 4. The summed E-state index contributed by atoms with van der Waals surface area (Å²) in [6.45, 7) is 3.46. The molecule has 15 unspecified atom stereocenters. The van der Waals surface area contributed by atoms with Crippen LogP contribution in [0.25, 0.3) is 0 Å². The number of amidine groups is 1. The second kappa shape index (κ2) is 31.7. The molecule has 3 aliphatic heterocycles. The zero-order chi connectivity index (χ0) is 48.6. The Morgan fingerprint density at radius 3 is 1.49 bits per heavy atom. The third-order valence-electron chi connectivity index (χ3n) is 8.27. The second-order valence-corrected chi connectivity index (χ2v) is 16.2. The molecule has 63 heavy (non-hydrogen) atoms. The third kappa shape index (κ3) is 20.7. The van der Waals surface area contributed by atoms with Gasteiger partial charge in [0.1, 0.15) is 83.7 Å². The molecule has 0 amide bonds. The molecule has 0 bridgehead atoms. The first-order valence-electron chi connectivity index (χ1n) is 18.7. The van der Waals surface area contributed by atoms with Crippen molar-refractivity contribution in [2.75, 3.05) is 58.3 Å². The Morgan fingerprint density at radius 1 is 0.667 bits per heavy atom. The molecular formula is C35H61N5O20S3. The van der Waals surface area contributed by atoms with Gasteiger partial charge in [0.15, 0.2) is 24.2 Å². The van der Waals surface area contributed by atoms with Gasteiger partial charge in [-0.3, -0.25) is 29.6 Å². The Bertz CT molecular complexity index is 1480. The summed E-state index contributed by atoms with van der Waals surface area (Å²) in [5.74, 6) is -1.79. The standard InChI is InChI=1S/C16H21NO9S.C9H18N2O5S.C9H17NO6S.CH5N/c1-8(18)22-7-12-13(23-9(2)19)14(24-10(3)20)15(25-11(4)21)16(26-12)27-6-5-17;1-11-5(10)3-17-9-8(15)7(14)6(13)4(2-12)16-9;1-15-5(10)3-17-9-8(14)7(13)6(12)4(2-11)16-9;1-2/h12-16H,6-7H2,1-4H3;4,6-9,12-15H,2-3H2,1H3,(H2,10,11);4,6-14H,2-3H2,1H3;2H2,1H3. The van der Waals surface area contributed by atoms with Gasteiger partial charge in [-0.15, -0.1) is 35.3 Å². The minimum atomic E-state index is -1.38. The van der Waals surface area contributed by atoms with E-state index in [2.05, 4.69) is 15.5 Å². The lowest BCUT2D eigenvalue weighted by Crippen LogP contribution is -2.61. The summed E-state index contributed by atoms with van der Waals surface area (Å²) in [4.78, 5) is 49.5. The normalized spacial score (nSPS) is 32.5. The van der Waals surface area contributed by atoms with Gasteiger partial charge >= 0.3 is 23.9 Å². The minimum absolute atomic E-state index is 0.00621. The molecule has 3 rings (SSSR count). The summed E-state index contributed by atoms with van der Waals surface area (Å²) in [6.07, 6.45) is -14.2. The number of nitrogens with one attached hydrogen (secondary N) is 1. The van der Waals surface area contributed by atoms with E-state index < -0.39 is 127 Å². The molecule has 25 nitrogen and oxygen atoms in total. The average molecular weight is 968 g/mol. The number of nitrogens with two attached hydrogens (primary N) is 2. The molecule has 3 aliphatic rings. The van der Waals surface area contributed by atoms with Gasteiger partial charge in [0.2, 0.25) is 0 Å². The minimum Gasteiger partial charge on any atom is -0.484 e. The highest BCUT2D eigenvalue weighted by molar-refractivity contribution is 8.00. The molecule has 13 N–H and O–H groups in total. The Morgan fingerprint density at radius 2 is 1.10 bits per heavy atom. The fraction of sp³-hybridized carbons (Fsp3) is 0.800. The number of nitriles is 1. The van der Waals surface area contributed by atoms with E-state index in [9.17, 15) is 49.8 Å². The zero-order valence-corrected chi connectivity index (χ0v) is 38.1. The van der Waals surface area contributed by atoms with E-state index in [1.807, 2.05) is 6.07 Å². The Kier molecular flexibility index (Phi) is 30.1. The molecule has 0 spiro atoms. The van der Waals surface area contributed by atoms with E-state index in [-0.39, 0.29) is 24.0 Å². The third-order valence-corrected chi connectivity index (χ3v) is 11.6. The number of aliphatic hydroxyl groups is 8. The lowest BCUT2D eigenvalue weighted by molar-refractivity contribution is -0.237. The number of hydrogen-bond donors (Lipinski definition) is 11. The van der Waals surface area contributed by atoms with Crippen molar-refractivity contribution >= 4 is 70.9 Å². The summed E-state index contributed by atoms with van der Waals surface area (Å²) >= 11 is 3.22. The highest BCUT2D eigenvalue weighted by Gasteiger charge is 2.52. The first-order chi connectivity index (χ1) is 29.7. The maximum absolute atomic E-state index is 11.6. The number of methoxy groups -OCH3 is 1. The molecule has 0 aliphatic carbocycles. The van der Waals surface area contributed by atoms with Gasteiger partial charge in [0.25, 0.3) is 0 Å². The van der Waals surface area contributed by atoms with Crippen LogP contribution in [0.4, 0.5) is 0 Å². The van der Waals surface area contributed by atoms with Crippen LogP contribution >= 0.6 is 35.3 Å². The summed E-state index contributed by atoms with van der Waals surface area (Å²) in [5.41, 5.74) is 7.51. The van der Waals surface area contributed by atoms with E-state index in [4.69, 9.17) is 59.8 Å². The molecule has 364 valence electrons. The topological polar surface area (TPSA) is 416 Å². The maximum atomic E-state index is 11.6. The van der Waals surface area contributed by atoms with Crippen molar-refractivity contribution < 1.29 is 97.9 Å². The first-order valence-corrected chi connectivity index (χ1v) is 21.9. The van der Waals surface area contributed by atoms with Crippen LogP contribution < -0.4 is 11.5 Å². The van der Waals surface area contributed by atoms with Crippen LogP contribution in [0.15, 0.2) is 4.99 Å². The molecule has 28 heteroatoms. The number of ether oxygens (including phenoxy) is 8. The van der Waals surface area contributed by atoms with E-state index >= 15 is 0 Å². The number of aliphatic hydroxyl groups excluding tert-OH is 8. The molecule has 0 aromatic carbocycles. The summed E-state index contributed by atoms with van der Waals surface area (Å²) in [7, 11) is 4.40. The van der Waals surface area contributed by atoms with Gasteiger partial charge in [-0.25, -0.2) is 0 Å². The highest BCUT2D eigenvalue weighted by Crippen LogP contribution is 2.34.